The normalized spacial score (nSPS) is 12.0. The van der Waals surface area contributed by atoms with Crippen LogP contribution in [0.25, 0.3) is 90.1 Å². The van der Waals surface area contributed by atoms with Crippen molar-refractivity contribution in [3.05, 3.63) is 151 Å². The number of aromatic nitrogens is 1. The molecular formula is C44H29NS2. The molecule has 0 N–H and O–H groups in total. The van der Waals surface area contributed by atoms with Gasteiger partial charge in [-0.1, -0.05) is 96.6 Å². The smallest absolute Gasteiger partial charge is 0.0640 e. The monoisotopic (exact) mass is 635 g/mol. The lowest BCUT2D eigenvalue weighted by atomic mass is 9.93. The van der Waals surface area contributed by atoms with E-state index in [4.69, 9.17) is 0 Å². The zero-order valence-corrected chi connectivity index (χ0v) is 27.7. The van der Waals surface area contributed by atoms with Crippen LogP contribution in [0.4, 0.5) is 0 Å². The zero-order valence-electron chi connectivity index (χ0n) is 26.0. The Kier molecular flexibility index (Phi) is 5.81. The van der Waals surface area contributed by atoms with Crippen LogP contribution in [0.5, 0.6) is 0 Å². The van der Waals surface area contributed by atoms with Crippen molar-refractivity contribution in [3.63, 3.8) is 0 Å². The zero-order chi connectivity index (χ0) is 31.2. The summed E-state index contributed by atoms with van der Waals surface area (Å²) in [5, 5.41) is 7.91. The lowest BCUT2D eigenvalue weighted by Gasteiger charge is -2.11. The molecule has 0 radical (unpaired) electrons. The molecule has 3 aromatic heterocycles. The minimum absolute atomic E-state index is 1.24. The Balaban J connectivity index is 1.32. The summed E-state index contributed by atoms with van der Waals surface area (Å²) in [6.07, 6.45) is 0. The fraction of sp³-hybridized carbons (Fsp3) is 0.0455. The molecule has 10 rings (SSSR count). The van der Waals surface area contributed by atoms with Crippen LogP contribution < -0.4 is 0 Å². The molecule has 0 spiro atoms. The van der Waals surface area contributed by atoms with E-state index < -0.39 is 0 Å². The van der Waals surface area contributed by atoms with E-state index in [0.29, 0.717) is 0 Å². The predicted molar refractivity (Wildman–Crippen MR) is 207 cm³/mol. The van der Waals surface area contributed by atoms with Crippen molar-refractivity contribution >= 4 is 84.8 Å². The number of rotatable bonds is 3. The Labute approximate surface area is 280 Å². The molecule has 0 aliphatic carbocycles. The Morgan fingerprint density at radius 1 is 0.426 bits per heavy atom. The molecule has 0 bridgehead atoms. The lowest BCUT2D eigenvalue weighted by molar-refractivity contribution is 1.20. The molecule has 0 saturated heterocycles. The summed E-state index contributed by atoms with van der Waals surface area (Å²) in [5.74, 6) is 0. The first-order chi connectivity index (χ1) is 23.1. The standard InChI is InChI=1S/C44H29NS2/c1-26-19-21-37-35(22-26)31-20-18-27(2)23-39(31)45(37)38-15-8-14-32-36-25-29(24-34(43(36)47-44(32)38)28-10-4-3-5-11-28)30-13-9-17-41-42(30)33-12-6-7-16-40(33)46-41/h3-25H,1-2H3. The highest BCUT2D eigenvalue weighted by molar-refractivity contribution is 7.27. The first-order valence-electron chi connectivity index (χ1n) is 16.1. The van der Waals surface area contributed by atoms with Crippen LogP contribution in [-0.2, 0) is 0 Å². The lowest BCUT2D eigenvalue weighted by Crippen LogP contribution is -1.94. The molecule has 47 heavy (non-hydrogen) atoms. The van der Waals surface area contributed by atoms with Gasteiger partial charge in [-0.3, -0.25) is 0 Å². The molecule has 3 heterocycles. The number of fused-ring (bicyclic) bond motifs is 9. The third-order valence-electron chi connectivity index (χ3n) is 9.69. The number of hydrogen-bond acceptors (Lipinski definition) is 2. The molecule has 0 unspecified atom stereocenters. The highest BCUT2D eigenvalue weighted by Gasteiger charge is 2.20. The average molecular weight is 636 g/mol. The summed E-state index contributed by atoms with van der Waals surface area (Å²) >= 11 is 3.81. The summed E-state index contributed by atoms with van der Waals surface area (Å²) in [5.41, 5.74) is 11.4. The third kappa shape index (κ3) is 4.00. The molecule has 0 saturated carbocycles. The predicted octanol–water partition coefficient (Wildman–Crippen LogP) is 13.5. The van der Waals surface area contributed by atoms with Crippen LogP contribution in [0.2, 0.25) is 0 Å². The maximum atomic E-state index is 2.50. The second kappa shape index (κ2) is 10.1. The van der Waals surface area contributed by atoms with Crippen molar-refractivity contribution < 1.29 is 0 Å². The van der Waals surface area contributed by atoms with Gasteiger partial charge < -0.3 is 4.57 Å². The summed E-state index contributed by atoms with van der Waals surface area (Å²) in [6.45, 7) is 4.38. The van der Waals surface area contributed by atoms with Crippen molar-refractivity contribution in [3.8, 4) is 27.9 Å². The molecule has 10 aromatic rings. The summed E-state index contributed by atoms with van der Waals surface area (Å²) in [7, 11) is 0. The van der Waals surface area contributed by atoms with Gasteiger partial charge in [-0.25, -0.2) is 0 Å². The van der Waals surface area contributed by atoms with E-state index in [1.165, 1.54) is 101 Å². The molecule has 0 aliphatic heterocycles. The fourth-order valence-electron chi connectivity index (χ4n) is 7.57. The first-order valence-corrected chi connectivity index (χ1v) is 17.7. The minimum atomic E-state index is 1.24. The van der Waals surface area contributed by atoms with Crippen molar-refractivity contribution in [1.29, 1.82) is 0 Å². The van der Waals surface area contributed by atoms with Gasteiger partial charge in [0.25, 0.3) is 0 Å². The topological polar surface area (TPSA) is 4.93 Å². The summed E-state index contributed by atoms with van der Waals surface area (Å²) in [4.78, 5) is 0. The van der Waals surface area contributed by atoms with Gasteiger partial charge in [0, 0.05) is 52.0 Å². The van der Waals surface area contributed by atoms with Crippen molar-refractivity contribution in [2.24, 2.45) is 0 Å². The molecule has 0 atom stereocenters. The molecule has 1 nitrogen and oxygen atoms in total. The van der Waals surface area contributed by atoms with Gasteiger partial charge in [0.2, 0.25) is 0 Å². The van der Waals surface area contributed by atoms with Gasteiger partial charge in [-0.05, 0) is 84.6 Å². The number of benzene rings is 7. The Morgan fingerprint density at radius 2 is 1.19 bits per heavy atom. The average Bonchev–Trinajstić information content (AvgIpc) is 3.77. The number of hydrogen-bond donors (Lipinski definition) is 0. The van der Waals surface area contributed by atoms with Crippen molar-refractivity contribution in [2.75, 3.05) is 0 Å². The number of thiophene rings is 2. The van der Waals surface area contributed by atoms with Gasteiger partial charge in [-0.2, -0.15) is 0 Å². The highest BCUT2D eigenvalue weighted by Crippen LogP contribution is 2.48. The van der Waals surface area contributed by atoms with Crippen LogP contribution in [0.15, 0.2) is 140 Å². The highest BCUT2D eigenvalue weighted by atomic mass is 32.1. The molecule has 0 aliphatic rings. The van der Waals surface area contributed by atoms with E-state index in [9.17, 15) is 0 Å². The maximum absolute atomic E-state index is 2.50. The van der Waals surface area contributed by atoms with E-state index in [1.807, 2.05) is 22.7 Å². The van der Waals surface area contributed by atoms with Gasteiger partial charge in [0.1, 0.15) is 0 Å². The van der Waals surface area contributed by atoms with Crippen LogP contribution in [0.3, 0.4) is 0 Å². The molecule has 0 amide bonds. The maximum Gasteiger partial charge on any atom is 0.0640 e. The van der Waals surface area contributed by atoms with E-state index in [-0.39, 0.29) is 0 Å². The van der Waals surface area contributed by atoms with Crippen molar-refractivity contribution in [1.82, 2.24) is 4.57 Å². The SMILES string of the molecule is Cc1ccc2c(c1)c1ccc(C)cc1n2-c1cccc2c1sc1c(-c3ccccc3)cc(-c3cccc4sc5ccccc5c34)cc12. The summed E-state index contributed by atoms with van der Waals surface area (Å²) in [6, 6.07) is 52.0. The molecule has 3 heteroatoms. The van der Waals surface area contributed by atoms with Gasteiger partial charge >= 0.3 is 0 Å². The largest absolute Gasteiger partial charge is 0.308 e. The summed E-state index contributed by atoms with van der Waals surface area (Å²) < 4.78 is 7.81. The third-order valence-corrected chi connectivity index (χ3v) is 12.1. The second-order valence-electron chi connectivity index (χ2n) is 12.7. The minimum Gasteiger partial charge on any atom is -0.308 e. The van der Waals surface area contributed by atoms with E-state index in [2.05, 4.69) is 158 Å². The van der Waals surface area contributed by atoms with Gasteiger partial charge in [0.05, 0.1) is 21.4 Å². The molecular weight excluding hydrogens is 607 g/mol. The van der Waals surface area contributed by atoms with Crippen molar-refractivity contribution in [2.45, 2.75) is 13.8 Å². The Hall–Kier alpha value is -5.22. The Morgan fingerprint density at radius 3 is 2.11 bits per heavy atom. The molecule has 222 valence electrons. The molecule has 0 fully saturated rings. The van der Waals surface area contributed by atoms with E-state index in [0.717, 1.165) is 0 Å². The van der Waals surface area contributed by atoms with E-state index >= 15 is 0 Å². The Bertz CT molecular complexity index is 2860. The first kappa shape index (κ1) is 26.9. The fourth-order valence-corrected chi connectivity index (χ4v) is 10.0. The number of aryl methyl sites for hydroxylation is 2. The second-order valence-corrected chi connectivity index (χ2v) is 14.8. The van der Waals surface area contributed by atoms with Gasteiger partial charge in [-0.15, -0.1) is 22.7 Å². The van der Waals surface area contributed by atoms with Crippen LogP contribution >= 0.6 is 22.7 Å². The quantitative estimate of drug-likeness (QED) is 0.182. The molecule has 7 aromatic carbocycles. The van der Waals surface area contributed by atoms with Crippen LogP contribution in [0, 0.1) is 13.8 Å². The van der Waals surface area contributed by atoms with Crippen LogP contribution in [0.1, 0.15) is 11.1 Å². The van der Waals surface area contributed by atoms with Gasteiger partial charge in [0.15, 0.2) is 0 Å². The number of nitrogens with zero attached hydrogens (tertiary/aromatic N) is 1. The van der Waals surface area contributed by atoms with Crippen LogP contribution in [-0.4, -0.2) is 4.57 Å². The van der Waals surface area contributed by atoms with E-state index in [1.54, 1.807) is 0 Å².